The highest BCUT2D eigenvalue weighted by Gasteiger charge is 2.48. The fraction of sp³-hybridized carbons (Fsp3) is 0.579. The minimum atomic E-state index is -0.214. The molecule has 1 heterocycles. The van der Waals surface area contributed by atoms with Crippen LogP contribution in [0, 0.1) is 0 Å². The van der Waals surface area contributed by atoms with Crippen molar-refractivity contribution in [1.82, 2.24) is 16.0 Å². The predicted octanol–water partition coefficient (Wildman–Crippen LogP) is 2.13. The van der Waals surface area contributed by atoms with E-state index in [1.807, 2.05) is 31.2 Å². The van der Waals surface area contributed by atoms with Gasteiger partial charge in [0.25, 0.3) is 0 Å². The van der Waals surface area contributed by atoms with Crippen LogP contribution in [0.3, 0.4) is 0 Å². The maximum Gasteiger partial charge on any atom is 0.315 e. The monoisotopic (exact) mass is 345 g/mol. The lowest BCUT2D eigenvalue weighted by Gasteiger charge is -2.50. The van der Waals surface area contributed by atoms with E-state index >= 15 is 0 Å². The third-order valence-corrected chi connectivity index (χ3v) is 5.22. The van der Waals surface area contributed by atoms with Crippen LogP contribution in [0.4, 0.5) is 4.79 Å². The van der Waals surface area contributed by atoms with E-state index in [1.165, 1.54) is 0 Å². The summed E-state index contributed by atoms with van der Waals surface area (Å²) in [6.07, 6.45) is 4.92. The number of amides is 3. The van der Waals surface area contributed by atoms with Gasteiger partial charge in [-0.15, -0.1) is 0 Å². The molecule has 2 fully saturated rings. The molecule has 25 heavy (non-hydrogen) atoms. The second-order valence-corrected chi connectivity index (χ2v) is 6.84. The molecule has 0 unspecified atom stereocenters. The maximum absolute atomic E-state index is 12.3. The first-order chi connectivity index (χ1) is 12.1. The molecule has 0 aromatic heterocycles. The number of rotatable bonds is 6. The van der Waals surface area contributed by atoms with Crippen LogP contribution in [0.1, 0.15) is 44.6 Å². The average Bonchev–Trinajstić information content (AvgIpc) is 2.57. The molecule has 6 heteroatoms. The minimum absolute atomic E-state index is 0.0228. The topological polar surface area (TPSA) is 79.5 Å². The van der Waals surface area contributed by atoms with Gasteiger partial charge in [0, 0.05) is 13.0 Å². The van der Waals surface area contributed by atoms with E-state index in [9.17, 15) is 9.59 Å². The fourth-order valence-electron chi connectivity index (χ4n) is 3.75. The van der Waals surface area contributed by atoms with Crippen molar-refractivity contribution < 1.29 is 14.3 Å². The number of urea groups is 1. The normalized spacial score (nSPS) is 21.2. The molecule has 1 spiro atoms. The molecule has 1 aliphatic carbocycles. The van der Waals surface area contributed by atoms with Gasteiger partial charge in [0.2, 0.25) is 5.91 Å². The maximum atomic E-state index is 12.3. The van der Waals surface area contributed by atoms with Gasteiger partial charge in [-0.25, -0.2) is 4.79 Å². The molecule has 1 aromatic carbocycles. The zero-order valence-corrected chi connectivity index (χ0v) is 14.8. The quantitative estimate of drug-likeness (QED) is 0.739. The molecule has 1 aromatic rings. The second kappa shape index (κ2) is 7.76. The molecule has 1 saturated heterocycles. The number of benzene rings is 1. The summed E-state index contributed by atoms with van der Waals surface area (Å²) in [4.78, 5) is 23.9. The summed E-state index contributed by atoms with van der Waals surface area (Å²) >= 11 is 0. The largest absolute Gasteiger partial charge is 0.494 e. The molecule has 1 saturated carbocycles. The first-order valence-corrected chi connectivity index (χ1v) is 9.19. The van der Waals surface area contributed by atoms with Crippen molar-refractivity contribution in [1.29, 1.82) is 0 Å². The summed E-state index contributed by atoms with van der Waals surface area (Å²) in [5, 5.41) is 9.08. The third kappa shape index (κ3) is 4.06. The molecule has 2 aliphatic rings. The predicted molar refractivity (Wildman–Crippen MR) is 95.6 cm³/mol. The van der Waals surface area contributed by atoms with Crippen LogP contribution in [0.15, 0.2) is 24.3 Å². The number of para-hydroxylation sites is 1. The molecule has 136 valence electrons. The lowest BCUT2D eigenvalue weighted by Crippen LogP contribution is -2.69. The van der Waals surface area contributed by atoms with Crippen LogP contribution < -0.4 is 20.7 Å². The van der Waals surface area contributed by atoms with E-state index in [0.29, 0.717) is 26.0 Å². The highest BCUT2D eigenvalue weighted by Crippen LogP contribution is 2.38. The molecule has 3 rings (SSSR count). The lowest BCUT2D eigenvalue weighted by atomic mass is 9.68. The summed E-state index contributed by atoms with van der Waals surface area (Å²) in [6.45, 7) is 3.13. The van der Waals surface area contributed by atoms with Gasteiger partial charge >= 0.3 is 6.03 Å². The molecule has 1 aliphatic heterocycles. The zero-order valence-electron chi connectivity index (χ0n) is 14.8. The number of ether oxygens (including phenoxy) is 1. The Balaban J connectivity index is 1.48. The molecule has 0 radical (unpaired) electrons. The van der Waals surface area contributed by atoms with Crippen LogP contribution in [0.5, 0.6) is 5.75 Å². The van der Waals surface area contributed by atoms with Crippen molar-refractivity contribution in [2.75, 3.05) is 13.2 Å². The third-order valence-electron chi connectivity index (χ3n) is 5.22. The summed E-state index contributed by atoms with van der Waals surface area (Å²) in [5.74, 6) is 0.973. The van der Waals surface area contributed by atoms with Gasteiger partial charge in [0.05, 0.1) is 18.2 Å². The van der Waals surface area contributed by atoms with Crippen molar-refractivity contribution in [3.05, 3.63) is 29.8 Å². The van der Waals surface area contributed by atoms with Gasteiger partial charge < -0.3 is 20.7 Å². The van der Waals surface area contributed by atoms with Gasteiger partial charge in [-0.2, -0.15) is 0 Å². The fourth-order valence-corrected chi connectivity index (χ4v) is 3.75. The Kier molecular flexibility index (Phi) is 5.46. The number of nitrogens with one attached hydrogen (secondary N) is 3. The van der Waals surface area contributed by atoms with Gasteiger partial charge in [-0.05, 0) is 50.7 Å². The van der Waals surface area contributed by atoms with Crippen molar-refractivity contribution in [3.8, 4) is 5.75 Å². The van der Waals surface area contributed by atoms with E-state index in [1.54, 1.807) is 0 Å². The Bertz CT molecular complexity index is 628. The molecule has 0 bridgehead atoms. The standard InChI is InChI=1S/C19H27N3O3/c1-2-25-15-7-4-3-6-14(15)10-13-20-18(24)21-16-8-9-17(23)22-19(16)11-5-12-19/h3-4,6-7,16H,2,5,8-13H2,1H3,(H,22,23)(H2,20,21,24)/t16-/m1/s1. The smallest absolute Gasteiger partial charge is 0.315 e. The number of carbonyl (C=O) groups excluding carboxylic acids is 2. The number of hydrogen-bond donors (Lipinski definition) is 3. The summed E-state index contributed by atoms with van der Waals surface area (Å²) in [7, 11) is 0. The van der Waals surface area contributed by atoms with Gasteiger partial charge in [0.15, 0.2) is 0 Å². The van der Waals surface area contributed by atoms with Gasteiger partial charge in [-0.3, -0.25) is 4.79 Å². The highest BCUT2D eigenvalue weighted by molar-refractivity contribution is 5.79. The van der Waals surface area contributed by atoms with Crippen LogP contribution in [0.2, 0.25) is 0 Å². The van der Waals surface area contributed by atoms with Crippen LogP contribution in [-0.2, 0) is 11.2 Å². The Hall–Kier alpha value is -2.24. The average molecular weight is 345 g/mol. The van der Waals surface area contributed by atoms with Crippen molar-refractivity contribution in [2.45, 2.75) is 57.0 Å². The second-order valence-electron chi connectivity index (χ2n) is 6.84. The van der Waals surface area contributed by atoms with E-state index in [2.05, 4.69) is 16.0 Å². The van der Waals surface area contributed by atoms with E-state index in [0.717, 1.165) is 37.0 Å². The molecule has 6 nitrogen and oxygen atoms in total. The van der Waals surface area contributed by atoms with Gasteiger partial charge in [0.1, 0.15) is 5.75 Å². The van der Waals surface area contributed by atoms with Crippen LogP contribution in [-0.4, -0.2) is 36.7 Å². The Morgan fingerprint density at radius 1 is 1.36 bits per heavy atom. The van der Waals surface area contributed by atoms with E-state index < -0.39 is 0 Å². The summed E-state index contributed by atoms with van der Waals surface area (Å²) in [5.41, 5.74) is 0.874. The van der Waals surface area contributed by atoms with Crippen LogP contribution in [0.25, 0.3) is 0 Å². The number of hydrogen-bond acceptors (Lipinski definition) is 3. The zero-order chi connectivity index (χ0) is 17.7. The number of carbonyl (C=O) groups is 2. The van der Waals surface area contributed by atoms with Gasteiger partial charge in [-0.1, -0.05) is 18.2 Å². The highest BCUT2D eigenvalue weighted by atomic mass is 16.5. The van der Waals surface area contributed by atoms with E-state index in [4.69, 9.17) is 4.74 Å². The Labute approximate surface area is 148 Å². The van der Waals surface area contributed by atoms with Crippen molar-refractivity contribution in [3.63, 3.8) is 0 Å². The number of piperidine rings is 1. The molecule has 3 N–H and O–H groups in total. The summed E-state index contributed by atoms with van der Waals surface area (Å²) in [6, 6.07) is 7.75. The van der Waals surface area contributed by atoms with Crippen molar-refractivity contribution >= 4 is 11.9 Å². The summed E-state index contributed by atoms with van der Waals surface area (Å²) < 4.78 is 5.61. The first kappa shape index (κ1) is 17.6. The lowest BCUT2D eigenvalue weighted by molar-refractivity contribution is -0.127. The Morgan fingerprint density at radius 3 is 2.88 bits per heavy atom. The SMILES string of the molecule is CCOc1ccccc1CCNC(=O)N[C@@H]1CCC(=O)NC12CCC2. The van der Waals surface area contributed by atoms with Crippen molar-refractivity contribution in [2.24, 2.45) is 0 Å². The molecule has 1 atom stereocenters. The minimum Gasteiger partial charge on any atom is -0.494 e. The molecule has 3 amide bonds. The molecular weight excluding hydrogens is 318 g/mol. The Morgan fingerprint density at radius 2 is 2.16 bits per heavy atom. The van der Waals surface area contributed by atoms with E-state index in [-0.39, 0.29) is 23.5 Å². The van der Waals surface area contributed by atoms with Crippen LogP contribution >= 0.6 is 0 Å². The molecular formula is C19H27N3O3. The first-order valence-electron chi connectivity index (χ1n) is 9.19.